The molecule has 0 bridgehead atoms. The Labute approximate surface area is 73.0 Å². The van der Waals surface area contributed by atoms with Gasteiger partial charge in [-0.2, -0.15) is 0 Å². The molecule has 0 saturated heterocycles. The topological polar surface area (TPSA) is 46.5 Å². The fraction of sp³-hybridized carbons (Fsp3) is 0.667. The minimum absolute atomic E-state index is 0.159. The maximum atomic E-state index is 11.0. The van der Waals surface area contributed by atoms with Crippen LogP contribution < -0.4 is 0 Å². The largest absolute Gasteiger partial charge is 0.466 e. The number of hydrogen-bond acceptors (Lipinski definition) is 3. The maximum absolute atomic E-state index is 11.0. The van der Waals surface area contributed by atoms with Crippen LogP contribution in [0.3, 0.4) is 0 Å². The van der Waals surface area contributed by atoms with E-state index >= 15 is 0 Å². The van der Waals surface area contributed by atoms with Gasteiger partial charge in [-0.1, -0.05) is 5.57 Å². The van der Waals surface area contributed by atoms with Gasteiger partial charge in [0.2, 0.25) is 0 Å². The zero-order valence-corrected chi connectivity index (χ0v) is 7.89. The fourth-order valence-electron chi connectivity index (χ4n) is 0.859. The number of carbonyl (C=O) groups excluding carboxylic acids is 1. The lowest BCUT2D eigenvalue weighted by Gasteiger charge is -2.04. The van der Waals surface area contributed by atoms with Crippen molar-refractivity contribution in [3.8, 4) is 0 Å². The van der Waals surface area contributed by atoms with E-state index in [1.807, 2.05) is 6.92 Å². The summed E-state index contributed by atoms with van der Waals surface area (Å²) < 4.78 is 4.55. The molecule has 0 saturated carbocycles. The summed E-state index contributed by atoms with van der Waals surface area (Å²) >= 11 is 0. The molecule has 0 spiro atoms. The molecule has 0 heterocycles. The highest BCUT2D eigenvalue weighted by Gasteiger charge is 2.06. The molecule has 0 rings (SSSR count). The van der Waals surface area contributed by atoms with Gasteiger partial charge in [0.15, 0.2) is 0 Å². The third-order valence-corrected chi connectivity index (χ3v) is 1.84. The third kappa shape index (κ3) is 3.53. The van der Waals surface area contributed by atoms with Crippen LogP contribution in [-0.4, -0.2) is 24.8 Å². The van der Waals surface area contributed by atoms with Crippen LogP contribution in [0, 0.1) is 0 Å². The molecule has 3 nitrogen and oxygen atoms in total. The molecule has 0 fully saturated rings. The average Bonchev–Trinajstić information content (AvgIpc) is 2.11. The first-order valence-corrected chi connectivity index (χ1v) is 3.99. The number of esters is 1. The van der Waals surface area contributed by atoms with Crippen LogP contribution in [0.4, 0.5) is 0 Å². The quantitative estimate of drug-likeness (QED) is 0.513. The molecular weight excluding hydrogens is 156 g/mol. The van der Waals surface area contributed by atoms with E-state index in [0.717, 1.165) is 12.0 Å². The van der Waals surface area contributed by atoms with Crippen LogP contribution in [0.25, 0.3) is 0 Å². The molecule has 0 radical (unpaired) electrons. The van der Waals surface area contributed by atoms with Crippen LogP contribution in [0.2, 0.25) is 0 Å². The smallest absolute Gasteiger partial charge is 0.333 e. The summed E-state index contributed by atoms with van der Waals surface area (Å²) in [6.45, 7) is 3.77. The summed E-state index contributed by atoms with van der Waals surface area (Å²) in [7, 11) is 1.37. The molecule has 70 valence electrons. The van der Waals surface area contributed by atoms with E-state index in [1.165, 1.54) is 7.11 Å². The van der Waals surface area contributed by atoms with E-state index < -0.39 is 0 Å². The molecule has 0 aliphatic heterocycles. The highest BCUT2D eigenvalue weighted by atomic mass is 16.5. The molecule has 1 N–H and O–H groups in total. The van der Waals surface area contributed by atoms with Gasteiger partial charge in [-0.3, -0.25) is 0 Å². The van der Waals surface area contributed by atoms with Gasteiger partial charge in [-0.05, 0) is 26.7 Å². The van der Waals surface area contributed by atoms with Gasteiger partial charge >= 0.3 is 5.97 Å². The van der Waals surface area contributed by atoms with Crippen molar-refractivity contribution in [3.63, 3.8) is 0 Å². The van der Waals surface area contributed by atoms with Crippen molar-refractivity contribution in [3.05, 3.63) is 11.1 Å². The van der Waals surface area contributed by atoms with Gasteiger partial charge in [-0.25, -0.2) is 4.79 Å². The van der Waals surface area contributed by atoms with Gasteiger partial charge in [0.05, 0.1) is 7.11 Å². The summed E-state index contributed by atoms with van der Waals surface area (Å²) in [6.07, 6.45) is 1.44. The Kier molecular flexibility index (Phi) is 5.37. The Morgan fingerprint density at radius 3 is 2.42 bits per heavy atom. The zero-order valence-electron chi connectivity index (χ0n) is 7.89. The number of ether oxygens (including phenoxy) is 1. The monoisotopic (exact) mass is 172 g/mol. The van der Waals surface area contributed by atoms with Crippen molar-refractivity contribution in [1.82, 2.24) is 0 Å². The fourth-order valence-corrected chi connectivity index (χ4v) is 0.859. The lowest BCUT2D eigenvalue weighted by Crippen LogP contribution is -2.04. The van der Waals surface area contributed by atoms with Crippen LogP contribution >= 0.6 is 0 Å². The van der Waals surface area contributed by atoms with E-state index in [9.17, 15) is 4.79 Å². The minimum Gasteiger partial charge on any atom is -0.466 e. The van der Waals surface area contributed by atoms with Gasteiger partial charge in [0.25, 0.3) is 0 Å². The molecule has 0 aromatic rings. The van der Waals surface area contributed by atoms with Gasteiger partial charge in [0.1, 0.15) is 0 Å². The van der Waals surface area contributed by atoms with E-state index in [-0.39, 0.29) is 12.6 Å². The Balaban J connectivity index is 4.15. The highest BCUT2D eigenvalue weighted by molar-refractivity contribution is 5.88. The van der Waals surface area contributed by atoms with Crippen LogP contribution in [0.1, 0.15) is 26.7 Å². The second-order valence-corrected chi connectivity index (χ2v) is 2.72. The molecule has 0 unspecified atom stereocenters. The zero-order chi connectivity index (χ0) is 9.56. The molecule has 0 aliphatic carbocycles. The van der Waals surface area contributed by atoms with Crippen LogP contribution in [0.15, 0.2) is 11.1 Å². The number of allylic oxidation sites excluding steroid dienone is 1. The molecule has 12 heavy (non-hydrogen) atoms. The van der Waals surface area contributed by atoms with E-state index in [2.05, 4.69) is 4.74 Å². The molecule has 0 atom stereocenters. The predicted molar refractivity (Wildman–Crippen MR) is 46.7 cm³/mol. The van der Waals surface area contributed by atoms with Crippen molar-refractivity contribution < 1.29 is 14.6 Å². The SMILES string of the molecule is COC(=O)C(C)=C(C)CCCO. The van der Waals surface area contributed by atoms with Crippen molar-refractivity contribution >= 4 is 5.97 Å². The second-order valence-electron chi connectivity index (χ2n) is 2.72. The van der Waals surface area contributed by atoms with E-state index in [4.69, 9.17) is 5.11 Å². The lowest BCUT2D eigenvalue weighted by atomic mass is 10.1. The Bertz CT molecular complexity index is 182. The normalized spacial score (nSPS) is 12.3. The number of hydrogen-bond donors (Lipinski definition) is 1. The van der Waals surface area contributed by atoms with E-state index in [0.29, 0.717) is 12.0 Å². The standard InChI is InChI=1S/C9H16O3/c1-7(5-4-6-10)8(2)9(11)12-3/h10H,4-6H2,1-3H3. The summed E-state index contributed by atoms with van der Waals surface area (Å²) in [6, 6.07) is 0. The van der Waals surface area contributed by atoms with Gasteiger partial charge in [-0.15, -0.1) is 0 Å². The lowest BCUT2D eigenvalue weighted by molar-refractivity contribution is -0.136. The molecule has 0 aromatic carbocycles. The van der Waals surface area contributed by atoms with Gasteiger partial charge < -0.3 is 9.84 Å². The minimum atomic E-state index is -0.287. The van der Waals surface area contributed by atoms with Crippen LogP contribution in [-0.2, 0) is 9.53 Å². The Hall–Kier alpha value is -0.830. The molecule has 0 aromatic heterocycles. The Morgan fingerprint density at radius 1 is 1.42 bits per heavy atom. The van der Waals surface area contributed by atoms with Crippen molar-refractivity contribution in [1.29, 1.82) is 0 Å². The molecule has 0 aliphatic rings. The number of aliphatic hydroxyl groups is 1. The second kappa shape index (κ2) is 5.77. The summed E-state index contributed by atoms with van der Waals surface area (Å²) in [5.41, 5.74) is 1.63. The van der Waals surface area contributed by atoms with Crippen molar-refractivity contribution in [2.75, 3.05) is 13.7 Å². The summed E-state index contributed by atoms with van der Waals surface area (Å²) in [5, 5.41) is 8.55. The van der Waals surface area contributed by atoms with Crippen LogP contribution in [0.5, 0.6) is 0 Å². The highest BCUT2D eigenvalue weighted by Crippen LogP contribution is 2.10. The third-order valence-electron chi connectivity index (χ3n) is 1.84. The first-order valence-electron chi connectivity index (χ1n) is 3.99. The number of methoxy groups -OCH3 is 1. The van der Waals surface area contributed by atoms with Crippen molar-refractivity contribution in [2.24, 2.45) is 0 Å². The van der Waals surface area contributed by atoms with E-state index in [1.54, 1.807) is 6.92 Å². The summed E-state index contributed by atoms with van der Waals surface area (Å²) in [5.74, 6) is -0.287. The first-order chi connectivity index (χ1) is 5.63. The number of rotatable bonds is 4. The molecule has 3 heteroatoms. The number of aliphatic hydroxyl groups excluding tert-OH is 1. The number of carbonyl (C=O) groups is 1. The predicted octanol–water partition coefficient (Wildman–Crippen LogP) is 1.27. The first kappa shape index (κ1) is 11.2. The molecule has 0 amide bonds. The summed E-state index contributed by atoms with van der Waals surface area (Å²) in [4.78, 5) is 11.0. The average molecular weight is 172 g/mol. The molecular formula is C9H16O3. The Morgan fingerprint density at radius 2 is 2.00 bits per heavy atom. The van der Waals surface area contributed by atoms with Gasteiger partial charge in [0, 0.05) is 12.2 Å². The maximum Gasteiger partial charge on any atom is 0.333 e. The van der Waals surface area contributed by atoms with Crippen molar-refractivity contribution in [2.45, 2.75) is 26.7 Å².